The molecule has 20 heavy (non-hydrogen) atoms. The van der Waals surface area contributed by atoms with Crippen molar-refractivity contribution in [3.8, 4) is 6.07 Å². The average molecular weight is 397 g/mol. The van der Waals surface area contributed by atoms with Gasteiger partial charge in [0.05, 0.1) is 6.07 Å². The van der Waals surface area contributed by atoms with Gasteiger partial charge in [-0.25, -0.2) is 4.39 Å². The summed E-state index contributed by atoms with van der Waals surface area (Å²) in [5.74, 6) is -1.90. The number of benzene rings is 2. The second-order valence-corrected chi connectivity index (χ2v) is 5.97. The number of hydrogen-bond acceptors (Lipinski definition) is 2. The van der Waals surface area contributed by atoms with E-state index in [0.29, 0.717) is 10.0 Å². The van der Waals surface area contributed by atoms with E-state index in [9.17, 15) is 14.4 Å². The molecule has 2 aromatic carbocycles. The third-order valence-corrected chi connectivity index (χ3v) is 3.67. The standard InChI is InChI=1S/C15H8Br2FNO/c16-11-3-1-2-9(4-11)14(8-19)15(20)10-5-12(17)7-13(18)6-10/h1-7,14H. The van der Waals surface area contributed by atoms with E-state index in [0.717, 1.165) is 10.5 Å². The van der Waals surface area contributed by atoms with Gasteiger partial charge < -0.3 is 0 Å². The molecule has 2 nitrogen and oxygen atoms in total. The molecule has 0 amide bonds. The maximum Gasteiger partial charge on any atom is 0.184 e. The second kappa shape index (κ2) is 6.29. The molecular formula is C15H8Br2FNO. The lowest BCUT2D eigenvalue weighted by atomic mass is 9.92. The molecule has 0 heterocycles. The summed E-state index contributed by atoms with van der Waals surface area (Å²) < 4.78 is 14.6. The molecule has 2 aromatic rings. The molecule has 5 heteroatoms. The normalized spacial score (nSPS) is 11.7. The minimum Gasteiger partial charge on any atom is -0.292 e. The number of nitrogens with zero attached hydrogens (tertiary/aromatic N) is 1. The van der Waals surface area contributed by atoms with Gasteiger partial charge in [-0.1, -0.05) is 44.0 Å². The highest BCUT2D eigenvalue weighted by Gasteiger charge is 2.22. The van der Waals surface area contributed by atoms with Gasteiger partial charge in [-0.15, -0.1) is 0 Å². The summed E-state index contributed by atoms with van der Waals surface area (Å²) in [6.45, 7) is 0. The van der Waals surface area contributed by atoms with E-state index in [-0.39, 0.29) is 5.56 Å². The maximum atomic E-state index is 13.3. The minimum atomic E-state index is -0.957. The minimum absolute atomic E-state index is 0.170. The molecule has 1 unspecified atom stereocenters. The van der Waals surface area contributed by atoms with Gasteiger partial charge in [-0.05, 0) is 35.9 Å². The van der Waals surface area contributed by atoms with Crippen LogP contribution in [0.5, 0.6) is 0 Å². The van der Waals surface area contributed by atoms with Crippen LogP contribution in [-0.4, -0.2) is 5.78 Å². The predicted octanol–water partition coefficient (Wildman–Crippen LogP) is 4.84. The van der Waals surface area contributed by atoms with Gasteiger partial charge in [0.1, 0.15) is 11.7 Å². The molecule has 0 aliphatic carbocycles. The molecule has 0 fully saturated rings. The first-order valence-corrected chi connectivity index (χ1v) is 7.25. The Hall–Kier alpha value is -1.51. The van der Waals surface area contributed by atoms with Crippen LogP contribution in [0.25, 0.3) is 0 Å². The van der Waals surface area contributed by atoms with Crippen molar-refractivity contribution in [2.75, 3.05) is 0 Å². The topological polar surface area (TPSA) is 40.9 Å². The predicted molar refractivity (Wildman–Crippen MR) is 80.9 cm³/mol. The third-order valence-electron chi connectivity index (χ3n) is 2.72. The first-order chi connectivity index (χ1) is 9.51. The first-order valence-electron chi connectivity index (χ1n) is 5.66. The Morgan fingerprint density at radius 3 is 2.50 bits per heavy atom. The Morgan fingerprint density at radius 2 is 1.90 bits per heavy atom. The van der Waals surface area contributed by atoms with Crippen molar-refractivity contribution in [1.82, 2.24) is 0 Å². The van der Waals surface area contributed by atoms with Gasteiger partial charge in [0.2, 0.25) is 0 Å². The lowest BCUT2D eigenvalue weighted by Crippen LogP contribution is -2.11. The number of Topliss-reactive ketones (excluding diaryl/α,β-unsaturated/α-hetero) is 1. The highest BCUT2D eigenvalue weighted by molar-refractivity contribution is 9.10. The van der Waals surface area contributed by atoms with Crippen LogP contribution in [-0.2, 0) is 0 Å². The van der Waals surface area contributed by atoms with E-state index in [1.54, 1.807) is 24.3 Å². The number of carbonyl (C=O) groups excluding carboxylic acids is 1. The highest BCUT2D eigenvalue weighted by atomic mass is 79.9. The van der Waals surface area contributed by atoms with Crippen LogP contribution in [0.15, 0.2) is 51.4 Å². The van der Waals surface area contributed by atoms with Crippen molar-refractivity contribution in [1.29, 1.82) is 5.26 Å². The second-order valence-electron chi connectivity index (χ2n) is 4.14. The number of hydrogen-bond donors (Lipinski definition) is 0. The molecule has 0 saturated carbocycles. The molecular weight excluding hydrogens is 389 g/mol. The number of halogens is 3. The highest BCUT2D eigenvalue weighted by Crippen LogP contribution is 2.25. The van der Waals surface area contributed by atoms with E-state index in [4.69, 9.17) is 0 Å². The molecule has 100 valence electrons. The molecule has 0 aromatic heterocycles. The van der Waals surface area contributed by atoms with E-state index in [2.05, 4.69) is 31.9 Å². The number of rotatable bonds is 3. The molecule has 0 aliphatic heterocycles. The SMILES string of the molecule is N#CC(C(=O)c1cc(F)cc(Br)c1)c1cccc(Br)c1. The molecule has 1 atom stereocenters. The molecule has 0 saturated heterocycles. The van der Waals surface area contributed by atoms with Gasteiger partial charge in [-0.2, -0.15) is 5.26 Å². The molecule has 0 N–H and O–H groups in total. The quantitative estimate of drug-likeness (QED) is 0.696. The van der Waals surface area contributed by atoms with Crippen LogP contribution >= 0.6 is 31.9 Å². The van der Waals surface area contributed by atoms with Crippen molar-refractivity contribution >= 4 is 37.6 Å². The molecule has 0 spiro atoms. The Labute approximate surface area is 132 Å². The van der Waals surface area contributed by atoms with Crippen molar-refractivity contribution < 1.29 is 9.18 Å². The fourth-order valence-corrected chi connectivity index (χ4v) is 2.72. The van der Waals surface area contributed by atoms with Gasteiger partial charge in [0.15, 0.2) is 5.78 Å². The van der Waals surface area contributed by atoms with Crippen molar-refractivity contribution in [2.24, 2.45) is 0 Å². The fourth-order valence-electron chi connectivity index (χ4n) is 1.83. The van der Waals surface area contributed by atoms with Crippen LogP contribution in [0, 0.1) is 17.1 Å². The van der Waals surface area contributed by atoms with Gasteiger partial charge in [-0.3, -0.25) is 4.79 Å². The van der Waals surface area contributed by atoms with Crippen molar-refractivity contribution in [2.45, 2.75) is 5.92 Å². The number of nitriles is 1. The Balaban J connectivity index is 2.42. The fraction of sp³-hybridized carbons (Fsp3) is 0.0667. The Kier molecular flexibility index (Phi) is 4.69. The maximum absolute atomic E-state index is 13.3. The largest absolute Gasteiger partial charge is 0.292 e. The molecule has 0 aliphatic rings. The smallest absolute Gasteiger partial charge is 0.184 e. The van der Waals surface area contributed by atoms with E-state index in [1.807, 2.05) is 6.07 Å². The van der Waals surface area contributed by atoms with Gasteiger partial charge in [0, 0.05) is 14.5 Å². The summed E-state index contributed by atoms with van der Waals surface area (Å²) >= 11 is 6.44. The van der Waals surface area contributed by atoms with Crippen LogP contribution in [0.1, 0.15) is 21.8 Å². The zero-order chi connectivity index (χ0) is 14.7. The monoisotopic (exact) mass is 395 g/mol. The molecule has 2 rings (SSSR count). The summed E-state index contributed by atoms with van der Waals surface area (Å²) in [4.78, 5) is 12.4. The van der Waals surface area contributed by atoms with E-state index in [1.165, 1.54) is 12.1 Å². The van der Waals surface area contributed by atoms with E-state index >= 15 is 0 Å². The zero-order valence-corrected chi connectivity index (χ0v) is 13.3. The number of ketones is 1. The van der Waals surface area contributed by atoms with Crippen LogP contribution in [0.2, 0.25) is 0 Å². The van der Waals surface area contributed by atoms with Gasteiger partial charge >= 0.3 is 0 Å². The zero-order valence-electron chi connectivity index (χ0n) is 10.1. The summed E-state index contributed by atoms with van der Waals surface area (Å²) in [7, 11) is 0. The van der Waals surface area contributed by atoms with Crippen LogP contribution in [0.3, 0.4) is 0 Å². The van der Waals surface area contributed by atoms with Crippen LogP contribution in [0.4, 0.5) is 4.39 Å². The van der Waals surface area contributed by atoms with Crippen LogP contribution < -0.4 is 0 Å². The summed E-state index contributed by atoms with van der Waals surface area (Å²) in [6.07, 6.45) is 0. The summed E-state index contributed by atoms with van der Waals surface area (Å²) in [5.41, 5.74) is 0.746. The Morgan fingerprint density at radius 1 is 1.15 bits per heavy atom. The Bertz CT molecular complexity index is 689. The first kappa shape index (κ1) is 14.9. The summed E-state index contributed by atoms with van der Waals surface area (Å²) in [6, 6.07) is 12.8. The lowest BCUT2D eigenvalue weighted by molar-refractivity contribution is 0.0978. The molecule has 0 bridgehead atoms. The van der Waals surface area contributed by atoms with Crippen molar-refractivity contribution in [3.05, 3.63) is 68.4 Å². The third kappa shape index (κ3) is 3.33. The summed E-state index contributed by atoms with van der Waals surface area (Å²) in [5, 5.41) is 9.25. The average Bonchev–Trinajstić information content (AvgIpc) is 2.38. The van der Waals surface area contributed by atoms with Crippen molar-refractivity contribution in [3.63, 3.8) is 0 Å². The number of carbonyl (C=O) groups is 1. The van der Waals surface area contributed by atoms with E-state index < -0.39 is 17.5 Å². The lowest BCUT2D eigenvalue weighted by Gasteiger charge is -2.09. The van der Waals surface area contributed by atoms with Gasteiger partial charge in [0.25, 0.3) is 0 Å². The molecule has 0 radical (unpaired) electrons.